The van der Waals surface area contributed by atoms with Gasteiger partial charge in [0.05, 0.1) is 9.82 Å². The molecule has 1 aromatic carbocycles. The summed E-state index contributed by atoms with van der Waals surface area (Å²) in [5, 5.41) is 13.8. The molecule has 24 heavy (non-hydrogen) atoms. The number of nitro groups is 1. The molecule has 0 bridgehead atoms. The maximum absolute atomic E-state index is 12.8. The highest BCUT2D eigenvalue weighted by Gasteiger charge is 2.37. The van der Waals surface area contributed by atoms with Gasteiger partial charge in [-0.1, -0.05) is 0 Å². The Balaban J connectivity index is 2.36. The lowest BCUT2D eigenvalue weighted by Crippen LogP contribution is -2.38. The molecule has 0 amide bonds. The van der Waals surface area contributed by atoms with Crippen LogP contribution >= 0.6 is 11.3 Å². The Morgan fingerprint density at radius 2 is 1.79 bits per heavy atom. The molecule has 0 aliphatic heterocycles. The van der Waals surface area contributed by atoms with Crippen LogP contribution in [-0.2, 0) is 16.6 Å². The summed E-state index contributed by atoms with van der Waals surface area (Å²) in [6, 6.07) is 5.24. The van der Waals surface area contributed by atoms with Crippen molar-refractivity contribution >= 4 is 27.0 Å². The Morgan fingerprint density at radius 1 is 1.17 bits per heavy atom. The van der Waals surface area contributed by atoms with Crippen molar-refractivity contribution in [1.82, 2.24) is 4.31 Å². The van der Waals surface area contributed by atoms with Gasteiger partial charge in [-0.25, -0.2) is 8.42 Å². The molecule has 0 saturated heterocycles. The van der Waals surface area contributed by atoms with E-state index in [2.05, 4.69) is 0 Å². The molecule has 6 nitrogen and oxygen atoms in total. The van der Waals surface area contributed by atoms with Gasteiger partial charge in [-0.3, -0.25) is 10.1 Å². The molecule has 0 spiro atoms. The number of sulfonamides is 1. The molecule has 0 radical (unpaired) electrons. The van der Waals surface area contributed by atoms with Crippen molar-refractivity contribution in [3.05, 3.63) is 56.8 Å². The van der Waals surface area contributed by atoms with Crippen molar-refractivity contribution in [3.63, 3.8) is 0 Å². The van der Waals surface area contributed by atoms with E-state index >= 15 is 0 Å². The predicted octanol–water partition coefficient (Wildman–Crippen LogP) is 3.41. The second-order valence-corrected chi connectivity index (χ2v) is 7.49. The van der Waals surface area contributed by atoms with Crippen LogP contribution in [0.4, 0.5) is 18.9 Å². The van der Waals surface area contributed by atoms with Crippen molar-refractivity contribution in [1.29, 1.82) is 0 Å². The number of rotatable bonds is 6. The lowest BCUT2D eigenvalue weighted by atomic mass is 10.3. The second-order valence-electron chi connectivity index (χ2n) is 4.77. The Bertz CT molecular complexity index is 803. The monoisotopic (exact) mass is 380 g/mol. The summed E-state index contributed by atoms with van der Waals surface area (Å²) in [6.07, 6.45) is -4.72. The van der Waals surface area contributed by atoms with Crippen molar-refractivity contribution < 1.29 is 26.5 Å². The van der Waals surface area contributed by atoms with Crippen molar-refractivity contribution in [2.75, 3.05) is 6.54 Å². The summed E-state index contributed by atoms with van der Waals surface area (Å²) in [7, 11) is -4.46. The fraction of sp³-hybridized carbons (Fsp3) is 0.231. The van der Waals surface area contributed by atoms with Crippen LogP contribution in [0.3, 0.4) is 0 Å². The van der Waals surface area contributed by atoms with Crippen LogP contribution in [0.25, 0.3) is 0 Å². The average molecular weight is 380 g/mol. The first kappa shape index (κ1) is 18.4. The van der Waals surface area contributed by atoms with Crippen LogP contribution in [-0.4, -0.2) is 30.4 Å². The highest BCUT2D eigenvalue weighted by molar-refractivity contribution is 7.89. The predicted molar refractivity (Wildman–Crippen MR) is 81.1 cm³/mol. The van der Waals surface area contributed by atoms with Crippen molar-refractivity contribution in [2.24, 2.45) is 0 Å². The number of hydrogen-bond acceptors (Lipinski definition) is 5. The number of thiophene rings is 1. The number of alkyl halides is 3. The maximum atomic E-state index is 12.8. The molecule has 0 fully saturated rings. The molecule has 0 unspecified atom stereocenters. The topological polar surface area (TPSA) is 80.5 Å². The number of nitrogens with zero attached hydrogens (tertiary/aromatic N) is 2. The maximum Gasteiger partial charge on any atom is 0.402 e. The van der Waals surface area contributed by atoms with Gasteiger partial charge in [0.25, 0.3) is 5.69 Å². The molecule has 1 aromatic heterocycles. The summed E-state index contributed by atoms with van der Waals surface area (Å²) in [5.41, 5.74) is 0.0730. The lowest BCUT2D eigenvalue weighted by Gasteiger charge is -2.23. The van der Waals surface area contributed by atoms with Gasteiger partial charge in [-0.15, -0.1) is 0 Å². The van der Waals surface area contributed by atoms with E-state index in [1.165, 1.54) is 17.4 Å². The Labute approximate surface area is 139 Å². The number of benzene rings is 1. The molecule has 0 aliphatic carbocycles. The minimum atomic E-state index is -4.72. The van der Waals surface area contributed by atoms with Gasteiger partial charge in [0.2, 0.25) is 10.0 Å². The van der Waals surface area contributed by atoms with E-state index in [1.54, 1.807) is 10.8 Å². The zero-order chi connectivity index (χ0) is 18.0. The van der Waals surface area contributed by atoms with Crippen LogP contribution < -0.4 is 0 Å². The summed E-state index contributed by atoms with van der Waals surface area (Å²) in [6.45, 7) is -2.09. The van der Waals surface area contributed by atoms with Crippen LogP contribution in [0.1, 0.15) is 5.56 Å². The highest BCUT2D eigenvalue weighted by Crippen LogP contribution is 2.26. The molecule has 0 saturated carbocycles. The summed E-state index contributed by atoms with van der Waals surface area (Å²) in [5.74, 6) is 0. The Hall–Kier alpha value is -1.98. The first-order valence-corrected chi connectivity index (χ1v) is 8.80. The molecule has 0 aliphatic rings. The third-order valence-corrected chi connectivity index (χ3v) is 5.52. The normalized spacial score (nSPS) is 12.5. The fourth-order valence-electron chi connectivity index (χ4n) is 1.90. The zero-order valence-electron chi connectivity index (χ0n) is 11.9. The van der Waals surface area contributed by atoms with E-state index in [1.807, 2.05) is 0 Å². The standard InChI is InChI=1S/C13H11F3N2O4S2/c14-13(15,16)9-17(7-10-5-6-23-8-10)24(21,22)12-3-1-11(2-4-12)18(19)20/h1-6,8H,7,9H2. The first-order valence-electron chi connectivity index (χ1n) is 6.42. The largest absolute Gasteiger partial charge is 0.402 e. The molecular weight excluding hydrogens is 369 g/mol. The molecule has 130 valence electrons. The molecule has 2 rings (SSSR count). The molecule has 0 atom stereocenters. The first-order chi connectivity index (χ1) is 11.1. The van der Waals surface area contributed by atoms with Gasteiger partial charge >= 0.3 is 6.18 Å². The molecular formula is C13H11F3N2O4S2. The van der Waals surface area contributed by atoms with E-state index in [4.69, 9.17) is 0 Å². The average Bonchev–Trinajstić information content (AvgIpc) is 2.98. The van der Waals surface area contributed by atoms with Gasteiger partial charge in [0.1, 0.15) is 6.54 Å². The van der Waals surface area contributed by atoms with E-state index in [0.717, 1.165) is 24.3 Å². The van der Waals surface area contributed by atoms with Gasteiger partial charge in [-0.2, -0.15) is 28.8 Å². The summed E-state index contributed by atoms with van der Waals surface area (Å²) in [4.78, 5) is 9.43. The van der Waals surface area contributed by atoms with Crippen LogP contribution in [0.2, 0.25) is 0 Å². The van der Waals surface area contributed by atoms with Gasteiger partial charge < -0.3 is 0 Å². The highest BCUT2D eigenvalue weighted by atomic mass is 32.2. The fourth-order valence-corrected chi connectivity index (χ4v) is 3.97. The molecule has 11 heteroatoms. The van der Waals surface area contributed by atoms with E-state index in [9.17, 15) is 31.7 Å². The number of halogens is 3. The smallest absolute Gasteiger partial charge is 0.258 e. The number of hydrogen-bond donors (Lipinski definition) is 0. The van der Waals surface area contributed by atoms with Crippen molar-refractivity contribution in [2.45, 2.75) is 17.6 Å². The van der Waals surface area contributed by atoms with Crippen LogP contribution in [0.15, 0.2) is 46.0 Å². The molecule has 0 N–H and O–H groups in total. The lowest BCUT2D eigenvalue weighted by molar-refractivity contribution is -0.384. The minimum absolute atomic E-state index is 0.302. The minimum Gasteiger partial charge on any atom is -0.258 e. The third-order valence-electron chi connectivity index (χ3n) is 2.98. The van der Waals surface area contributed by atoms with Gasteiger partial charge in [0, 0.05) is 18.7 Å². The molecule has 1 heterocycles. The summed E-state index contributed by atoms with van der Waals surface area (Å²) < 4.78 is 63.5. The van der Waals surface area contributed by atoms with Gasteiger partial charge in [0.15, 0.2) is 0 Å². The van der Waals surface area contributed by atoms with Crippen LogP contribution in [0, 0.1) is 10.1 Å². The van der Waals surface area contributed by atoms with Crippen LogP contribution in [0.5, 0.6) is 0 Å². The number of non-ortho nitro benzene ring substituents is 1. The van der Waals surface area contributed by atoms with Crippen molar-refractivity contribution in [3.8, 4) is 0 Å². The van der Waals surface area contributed by atoms with E-state index in [-0.39, 0.29) is 5.69 Å². The van der Waals surface area contributed by atoms with E-state index in [0.29, 0.717) is 9.87 Å². The molecule has 2 aromatic rings. The Morgan fingerprint density at radius 3 is 2.25 bits per heavy atom. The SMILES string of the molecule is O=[N+]([O-])c1ccc(S(=O)(=O)N(Cc2ccsc2)CC(F)(F)F)cc1. The summed E-state index contributed by atoms with van der Waals surface area (Å²) >= 11 is 1.23. The van der Waals surface area contributed by atoms with Gasteiger partial charge in [-0.05, 0) is 34.5 Å². The quantitative estimate of drug-likeness (QED) is 0.568. The second kappa shape index (κ2) is 6.87. The zero-order valence-corrected chi connectivity index (χ0v) is 13.6. The van der Waals surface area contributed by atoms with E-state index < -0.39 is 39.1 Å². The third kappa shape index (κ3) is 4.52. The number of nitro benzene ring substituents is 1. The Kier molecular flexibility index (Phi) is 5.26.